The average molecular weight is 419 g/mol. The largest absolute Gasteiger partial charge is 0.497 e. The summed E-state index contributed by atoms with van der Waals surface area (Å²) in [4.78, 5) is 11.9. The Morgan fingerprint density at radius 2 is 2.24 bits per heavy atom. The lowest BCUT2D eigenvalue weighted by Crippen LogP contribution is -2.26. The van der Waals surface area contributed by atoms with Crippen molar-refractivity contribution in [2.75, 3.05) is 20.8 Å². The normalized spacial score (nSPS) is 11.8. The minimum atomic E-state index is -0.428. The van der Waals surface area contributed by atoms with Crippen molar-refractivity contribution < 1.29 is 14.3 Å². The van der Waals surface area contributed by atoms with E-state index in [2.05, 4.69) is 34.4 Å². The maximum absolute atomic E-state index is 11.9. The summed E-state index contributed by atoms with van der Waals surface area (Å²) in [5.74, 6) is 0.300. The maximum Gasteiger partial charge on any atom is 0.335 e. The number of carbonyl (C=O) groups excluding carboxylic acids is 1. The van der Waals surface area contributed by atoms with Gasteiger partial charge in [-0.15, -0.1) is 6.58 Å². The van der Waals surface area contributed by atoms with Crippen LogP contribution in [0, 0.1) is 0 Å². The zero-order valence-electron chi connectivity index (χ0n) is 12.0. The van der Waals surface area contributed by atoms with Gasteiger partial charge in [0.05, 0.1) is 25.8 Å². The lowest BCUT2D eigenvalue weighted by molar-refractivity contribution is -0.136. The molecule has 114 valence electrons. The van der Waals surface area contributed by atoms with Gasteiger partial charge < -0.3 is 9.47 Å². The number of rotatable bonds is 8. The van der Waals surface area contributed by atoms with E-state index in [4.69, 9.17) is 9.47 Å². The predicted octanol–water partition coefficient (Wildman–Crippen LogP) is 3.95. The van der Waals surface area contributed by atoms with Gasteiger partial charge in [-0.3, -0.25) is 0 Å². The van der Waals surface area contributed by atoms with Crippen molar-refractivity contribution in [1.29, 1.82) is 0 Å². The van der Waals surface area contributed by atoms with E-state index in [9.17, 15) is 4.79 Å². The van der Waals surface area contributed by atoms with Crippen LogP contribution in [0.4, 0.5) is 0 Å². The lowest BCUT2D eigenvalue weighted by atomic mass is 9.99. The monoisotopic (exact) mass is 419 g/mol. The highest BCUT2D eigenvalue weighted by atomic mass is 127. The molecule has 0 aromatic heterocycles. The number of hydrogen-bond donors (Lipinski definition) is 0. The first-order valence-electron chi connectivity index (χ1n) is 6.16. The molecule has 1 unspecified atom stereocenters. The van der Waals surface area contributed by atoms with Gasteiger partial charge in [0.2, 0.25) is 0 Å². The van der Waals surface area contributed by atoms with Gasteiger partial charge in [0.25, 0.3) is 0 Å². The predicted molar refractivity (Wildman–Crippen MR) is 95.4 cm³/mol. The van der Waals surface area contributed by atoms with E-state index in [1.165, 1.54) is 16.2 Å². The van der Waals surface area contributed by atoms with Crippen LogP contribution in [0.25, 0.3) is 0 Å². The van der Waals surface area contributed by atoms with Gasteiger partial charge in [-0.1, -0.05) is 24.8 Å². The summed E-state index contributed by atoms with van der Waals surface area (Å²) < 4.78 is 12.1. The Bertz CT molecular complexity index is 521. The zero-order chi connectivity index (χ0) is 15.8. The minimum absolute atomic E-state index is 0.313. The quantitative estimate of drug-likeness (QED) is 0.210. The van der Waals surface area contributed by atoms with E-state index >= 15 is 0 Å². The van der Waals surface area contributed by atoms with Crippen molar-refractivity contribution in [1.82, 2.24) is 4.31 Å². The van der Waals surface area contributed by atoms with Crippen LogP contribution in [0.2, 0.25) is 0 Å². The van der Waals surface area contributed by atoms with Gasteiger partial charge >= 0.3 is 5.97 Å². The second-order valence-electron chi connectivity index (χ2n) is 4.15. The molecule has 4 nitrogen and oxygen atoms in total. The fraction of sp³-hybridized carbons (Fsp3) is 0.267. The standard InChI is InChI=1S/C15H18INO3S/c1-5-9-17(21-16)14(11(2)15(18)20-4)12-7-6-8-13(10-12)19-3/h5-8,10,14H,1-2,9H2,3-4H3. The van der Waals surface area contributed by atoms with Crippen molar-refractivity contribution in [3.8, 4) is 5.75 Å². The van der Waals surface area contributed by atoms with Gasteiger partial charge in [-0.2, -0.15) is 0 Å². The van der Waals surface area contributed by atoms with Crippen LogP contribution in [-0.4, -0.2) is 31.0 Å². The Kier molecular flexibility index (Phi) is 7.84. The topological polar surface area (TPSA) is 38.8 Å². The molecule has 0 saturated carbocycles. The Labute approximate surface area is 141 Å². The molecule has 0 N–H and O–H groups in total. The third-order valence-corrected chi connectivity index (χ3v) is 4.93. The first kappa shape index (κ1) is 18.1. The van der Waals surface area contributed by atoms with Crippen LogP contribution < -0.4 is 4.74 Å². The van der Waals surface area contributed by atoms with Crippen LogP contribution in [0.3, 0.4) is 0 Å². The van der Waals surface area contributed by atoms with Crippen LogP contribution >= 0.6 is 30.3 Å². The molecule has 0 amide bonds. The number of benzene rings is 1. The Balaban J connectivity index is 3.25. The smallest absolute Gasteiger partial charge is 0.335 e. The summed E-state index contributed by atoms with van der Waals surface area (Å²) in [6.07, 6.45) is 1.78. The molecule has 0 fully saturated rings. The highest BCUT2D eigenvalue weighted by molar-refractivity contribution is 14.2. The van der Waals surface area contributed by atoms with Gasteiger partial charge in [0, 0.05) is 27.8 Å². The van der Waals surface area contributed by atoms with Crippen molar-refractivity contribution in [3.63, 3.8) is 0 Å². The summed E-state index contributed by atoms with van der Waals surface area (Å²) >= 11 is 2.17. The van der Waals surface area contributed by atoms with Gasteiger partial charge in [-0.05, 0) is 26.8 Å². The van der Waals surface area contributed by atoms with E-state index in [1.54, 1.807) is 13.2 Å². The number of methoxy groups -OCH3 is 2. The number of halogens is 1. The summed E-state index contributed by atoms with van der Waals surface area (Å²) in [5, 5.41) is 0. The Morgan fingerprint density at radius 1 is 1.52 bits per heavy atom. The number of esters is 1. The molecule has 0 radical (unpaired) electrons. The lowest BCUT2D eigenvalue weighted by Gasteiger charge is -2.28. The second kappa shape index (κ2) is 9.11. The molecule has 0 heterocycles. The SMILES string of the molecule is C=CCN(SI)C(C(=C)C(=O)OC)c1cccc(OC)c1. The van der Waals surface area contributed by atoms with E-state index in [-0.39, 0.29) is 6.04 Å². The molecule has 0 spiro atoms. The number of nitrogens with zero attached hydrogens (tertiary/aromatic N) is 1. The van der Waals surface area contributed by atoms with Crippen LogP contribution in [-0.2, 0) is 9.53 Å². The Morgan fingerprint density at radius 3 is 2.76 bits per heavy atom. The first-order chi connectivity index (χ1) is 10.1. The molecule has 0 aliphatic rings. The first-order valence-corrected chi connectivity index (χ1v) is 9.48. The number of carbonyl (C=O) groups is 1. The number of ether oxygens (including phenoxy) is 2. The third-order valence-electron chi connectivity index (χ3n) is 2.87. The fourth-order valence-electron chi connectivity index (χ4n) is 1.90. The molecule has 1 aromatic carbocycles. The number of hydrogen-bond acceptors (Lipinski definition) is 5. The highest BCUT2D eigenvalue weighted by Crippen LogP contribution is 2.37. The maximum atomic E-state index is 11.9. The van der Waals surface area contributed by atoms with Crippen molar-refractivity contribution in [2.45, 2.75) is 6.04 Å². The van der Waals surface area contributed by atoms with E-state index in [1.807, 2.05) is 28.6 Å². The minimum Gasteiger partial charge on any atom is -0.497 e. The molecule has 1 aromatic rings. The van der Waals surface area contributed by atoms with Crippen molar-refractivity contribution >= 4 is 36.3 Å². The summed E-state index contributed by atoms with van der Waals surface area (Å²) in [6, 6.07) is 7.26. The summed E-state index contributed by atoms with van der Waals surface area (Å²) in [7, 11) is 4.45. The fourth-order valence-corrected chi connectivity index (χ4v) is 3.55. The van der Waals surface area contributed by atoms with E-state index < -0.39 is 5.97 Å². The summed E-state index contributed by atoms with van der Waals surface area (Å²) in [6.45, 7) is 8.26. The molecule has 0 bridgehead atoms. The Hall–Kier alpha value is -0.990. The third kappa shape index (κ3) is 4.76. The molecule has 6 heteroatoms. The van der Waals surface area contributed by atoms with Crippen molar-refractivity contribution in [2.24, 2.45) is 0 Å². The average Bonchev–Trinajstić information content (AvgIpc) is 2.53. The van der Waals surface area contributed by atoms with Crippen LogP contribution in [0.1, 0.15) is 11.6 Å². The molecular weight excluding hydrogens is 401 g/mol. The highest BCUT2D eigenvalue weighted by Gasteiger charge is 2.27. The van der Waals surface area contributed by atoms with E-state index in [0.717, 1.165) is 11.3 Å². The van der Waals surface area contributed by atoms with Crippen LogP contribution in [0.15, 0.2) is 49.1 Å². The van der Waals surface area contributed by atoms with Gasteiger partial charge in [0.15, 0.2) is 0 Å². The molecule has 0 aliphatic heterocycles. The van der Waals surface area contributed by atoms with Crippen molar-refractivity contribution in [3.05, 3.63) is 54.6 Å². The van der Waals surface area contributed by atoms with Gasteiger partial charge in [0.1, 0.15) is 5.75 Å². The second-order valence-corrected chi connectivity index (χ2v) is 5.94. The molecule has 1 rings (SSSR count). The molecule has 1 atom stereocenters. The van der Waals surface area contributed by atoms with Gasteiger partial charge in [-0.25, -0.2) is 9.10 Å². The molecule has 0 aliphatic carbocycles. The zero-order valence-corrected chi connectivity index (χ0v) is 15.0. The molecular formula is C15H18INO3S. The summed E-state index contributed by atoms with van der Waals surface area (Å²) in [5.41, 5.74) is 1.28. The molecule has 0 saturated heterocycles. The molecule has 21 heavy (non-hydrogen) atoms. The van der Waals surface area contributed by atoms with E-state index in [0.29, 0.717) is 12.1 Å². The van der Waals surface area contributed by atoms with Crippen LogP contribution in [0.5, 0.6) is 5.75 Å².